The summed E-state index contributed by atoms with van der Waals surface area (Å²) in [7, 11) is 0. The van der Waals surface area contributed by atoms with Crippen molar-refractivity contribution >= 4 is 28.8 Å². The van der Waals surface area contributed by atoms with Crippen LogP contribution in [0.3, 0.4) is 0 Å². The number of fused-ring (bicyclic) bond motifs is 1. The first-order valence-corrected chi connectivity index (χ1v) is 9.81. The maximum atomic E-state index is 12.8. The molecule has 0 unspecified atom stereocenters. The van der Waals surface area contributed by atoms with E-state index in [9.17, 15) is 9.59 Å². The first kappa shape index (κ1) is 19.7. The molecule has 1 aliphatic rings. The monoisotopic (exact) mass is 409 g/mol. The van der Waals surface area contributed by atoms with Crippen molar-refractivity contribution in [3.63, 3.8) is 0 Å². The van der Waals surface area contributed by atoms with Gasteiger partial charge in [0.25, 0.3) is 0 Å². The standard InChI is InChI=1S/C21H23N5O4/c1-2-22-20(27)24-19-14-17(5-7-23-19)30-16-3-4-18-15(13-16)6-8-26(18)21(28)25-9-11-29-12-10-25/h3-8,13-14H,2,9-12H2,1H3,(H2,22,23,24,27). The van der Waals surface area contributed by atoms with E-state index >= 15 is 0 Å². The number of anilines is 1. The smallest absolute Gasteiger partial charge is 0.328 e. The highest BCUT2D eigenvalue weighted by molar-refractivity contribution is 5.92. The second-order valence-corrected chi connectivity index (χ2v) is 6.75. The van der Waals surface area contributed by atoms with Crippen molar-refractivity contribution in [3.8, 4) is 11.5 Å². The summed E-state index contributed by atoms with van der Waals surface area (Å²) in [6.45, 7) is 4.67. The molecule has 1 saturated heterocycles. The molecule has 0 aliphatic carbocycles. The van der Waals surface area contributed by atoms with Crippen LogP contribution in [-0.4, -0.2) is 59.4 Å². The normalized spacial score (nSPS) is 13.8. The van der Waals surface area contributed by atoms with Crippen molar-refractivity contribution in [2.24, 2.45) is 0 Å². The van der Waals surface area contributed by atoms with Crippen LogP contribution in [0.5, 0.6) is 11.5 Å². The van der Waals surface area contributed by atoms with Gasteiger partial charge in [0.15, 0.2) is 0 Å². The molecule has 1 fully saturated rings. The van der Waals surface area contributed by atoms with Crippen molar-refractivity contribution < 1.29 is 19.1 Å². The minimum Gasteiger partial charge on any atom is -0.457 e. The lowest BCUT2D eigenvalue weighted by Gasteiger charge is -2.27. The second kappa shape index (κ2) is 8.83. The van der Waals surface area contributed by atoms with Gasteiger partial charge in [0.05, 0.1) is 18.7 Å². The van der Waals surface area contributed by atoms with E-state index in [1.54, 1.807) is 34.0 Å². The molecule has 1 aliphatic heterocycles. The van der Waals surface area contributed by atoms with E-state index in [-0.39, 0.29) is 12.1 Å². The predicted octanol–water partition coefficient (Wildman–Crippen LogP) is 3.27. The summed E-state index contributed by atoms with van der Waals surface area (Å²) in [6.07, 6.45) is 3.33. The number of ether oxygens (including phenoxy) is 2. The van der Waals surface area contributed by atoms with E-state index in [4.69, 9.17) is 9.47 Å². The molecular weight excluding hydrogens is 386 g/mol. The van der Waals surface area contributed by atoms with Gasteiger partial charge in [0.1, 0.15) is 17.3 Å². The minimum atomic E-state index is -0.324. The van der Waals surface area contributed by atoms with Crippen molar-refractivity contribution in [2.75, 3.05) is 38.2 Å². The van der Waals surface area contributed by atoms with E-state index in [1.807, 2.05) is 31.2 Å². The number of aromatic nitrogens is 2. The van der Waals surface area contributed by atoms with E-state index < -0.39 is 0 Å². The molecule has 9 heteroatoms. The Kier molecular flexibility index (Phi) is 5.80. The highest BCUT2D eigenvalue weighted by Gasteiger charge is 2.19. The average Bonchev–Trinajstić information content (AvgIpc) is 3.17. The molecule has 3 amide bonds. The van der Waals surface area contributed by atoms with Crippen molar-refractivity contribution in [3.05, 3.63) is 48.8 Å². The van der Waals surface area contributed by atoms with E-state index in [0.29, 0.717) is 50.2 Å². The van der Waals surface area contributed by atoms with E-state index in [1.165, 1.54) is 0 Å². The number of pyridine rings is 1. The number of rotatable bonds is 4. The molecule has 1 aromatic carbocycles. The highest BCUT2D eigenvalue weighted by atomic mass is 16.5. The highest BCUT2D eigenvalue weighted by Crippen LogP contribution is 2.27. The third-order valence-electron chi connectivity index (χ3n) is 4.70. The van der Waals surface area contributed by atoms with Gasteiger partial charge in [-0.1, -0.05) is 0 Å². The Balaban J connectivity index is 1.49. The van der Waals surface area contributed by atoms with Gasteiger partial charge in [-0.3, -0.25) is 9.88 Å². The fourth-order valence-corrected chi connectivity index (χ4v) is 3.26. The molecule has 9 nitrogen and oxygen atoms in total. The van der Waals surface area contributed by atoms with Gasteiger partial charge in [0.2, 0.25) is 0 Å². The Morgan fingerprint density at radius 3 is 2.73 bits per heavy atom. The molecule has 0 radical (unpaired) electrons. The Hall–Kier alpha value is -3.59. The number of hydrogen-bond donors (Lipinski definition) is 2. The SMILES string of the molecule is CCNC(=O)Nc1cc(Oc2ccc3c(ccn3C(=O)N3CCOCC3)c2)ccn1. The Morgan fingerprint density at radius 2 is 1.93 bits per heavy atom. The summed E-state index contributed by atoms with van der Waals surface area (Å²) >= 11 is 0. The number of urea groups is 1. The molecule has 2 aromatic heterocycles. The van der Waals surface area contributed by atoms with Crippen molar-refractivity contribution in [1.82, 2.24) is 19.8 Å². The molecule has 0 atom stereocenters. The van der Waals surface area contributed by atoms with Crippen LogP contribution in [0.15, 0.2) is 48.8 Å². The number of nitrogens with one attached hydrogen (secondary N) is 2. The van der Waals surface area contributed by atoms with Gasteiger partial charge in [-0.25, -0.2) is 14.6 Å². The van der Waals surface area contributed by atoms with Gasteiger partial charge in [-0.05, 0) is 37.3 Å². The lowest BCUT2D eigenvalue weighted by molar-refractivity contribution is 0.0538. The molecule has 0 spiro atoms. The molecule has 30 heavy (non-hydrogen) atoms. The van der Waals surface area contributed by atoms with Crippen LogP contribution in [0.2, 0.25) is 0 Å². The topological polar surface area (TPSA) is 97.7 Å². The maximum Gasteiger partial charge on any atom is 0.328 e. The fraction of sp³-hybridized carbons (Fsp3) is 0.286. The zero-order valence-electron chi connectivity index (χ0n) is 16.6. The number of nitrogens with zero attached hydrogens (tertiary/aromatic N) is 3. The number of hydrogen-bond acceptors (Lipinski definition) is 5. The van der Waals surface area contributed by atoms with Crippen LogP contribution in [0.1, 0.15) is 6.92 Å². The Morgan fingerprint density at radius 1 is 1.13 bits per heavy atom. The van der Waals surface area contributed by atoms with E-state index in [2.05, 4.69) is 15.6 Å². The molecule has 2 N–H and O–H groups in total. The molecule has 4 rings (SSSR count). The van der Waals surface area contributed by atoms with Gasteiger partial charge in [0, 0.05) is 43.5 Å². The van der Waals surface area contributed by atoms with Gasteiger partial charge >= 0.3 is 12.1 Å². The summed E-state index contributed by atoms with van der Waals surface area (Å²) < 4.78 is 12.9. The minimum absolute atomic E-state index is 0.0582. The summed E-state index contributed by atoms with van der Waals surface area (Å²) in [5, 5.41) is 6.19. The van der Waals surface area contributed by atoms with Gasteiger partial charge in [-0.15, -0.1) is 0 Å². The van der Waals surface area contributed by atoms with Crippen LogP contribution in [-0.2, 0) is 4.74 Å². The van der Waals surface area contributed by atoms with Crippen molar-refractivity contribution in [1.29, 1.82) is 0 Å². The summed E-state index contributed by atoms with van der Waals surface area (Å²) in [5.74, 6) is 1.55. The van der Waals surface area contributed by atoms with Crippen LogP contribution in [0, 0.1) is 0 Å². The maximum absolute atomic E-state index is 12.8. The average molecular weight is 409 g/mol. The zero-order chi connectivity index (χ0) is 20.9. The fourth-order valence-electron chi connectivity index (χ4n) is 3.26. The van der Waals surface area contributed by atoms with Gasteiger partial charge < -0.3 is 19.7 Å². The number of morpholine rings is 1. The molecule has 0 bridgehead atoms. The number of benzene rings is 1. The van der Waals surface area contributed by atoms with Crippen molar-refractivity contribution in [2.45, 2.75) is 6.92 Å². The van der Waals surface area contributed by atoms with Crippen LogP contribution < -0.4 is 15.4 Å². The third-order valence-corrected chi connectivity index (χ3v) is 4.70. The Labute approximate surface area is 173 Å². The summed E-state index contributed by atoms with van der Waals surface area (Å²) in [6, 6.07) is 10.4. The molecular formula is C21H23N5O4. The lowest BCUT2D eigenvalue weighted by Crippen LogP contribution is -2.42. The number of amides is 3. The predicted molar refractivity (Wildman–Crippen MR) is 112 cm³/mol. The number of carbonyl (C=O) groups is 2. The number of carbonyl (C=O) groups excluding carboxylic acids is 2. The van der Waals surface area contributed by atoms with Gasteiger partial charge in [-0.2, -0.15) is 0 Å². The second-order valence-electron chi connectivity index (χ2n) is 6.75. The quantitative estimate of drug-likeness (QED) is 0.689. The van der Waals surface area contributed by atoms with Crippen LogP contribution in [0.4, 0.5) is 15.4 Å². The first-order chi connectivity index (χ1) is 14.6. The van der Waals surface area contributed by atoms with Crippen LogP contribution in [0.25, 0.3) is 10.9 Å². The first-order valence-electron chi connectivity index (χ1n) is 9.81. The van der Waals surface area contributed by atoms with E-state index in [0.717, 1.165) is 10.9 Å². The largest absolute Gasteiger partial charge is 0.457 e. The van der Waals surface area contributed by atoms with Crippen LogP contribution >= 0.6 is 0 Å². The lowest BCUT2D eigenvalue weighted by atomic mass is 10.2. The molecule has 0 saturated carbocycles. The molecule has 3 heterocycles. The third kappa shape index (κ3) is 4.36. The summed E-state index contributed by atoms with van der Waals surface area (Å²) in [5.41, 5.74) is 0.812. The molecule has 3 aromatic rings. The zero-order valence-corrected chi connectivity index (χ0v) is 16.6. The summed E-state index contributed by atoms with van der Waals surface area (Å²) in [4.78, 5) is 30.3. The molecule has 156 valence electrons. The Bertz CT molecular complexity index is 1060.